The number of alkyl halides is 1. The molecule has 3 aliphatic rings. The molecule has 3 fully saturated rings. The van der Waals surface area contributed by atoms with Crippen LogP contribution < -0.4 is 0 Å². The number of rotatable bonds is 2. The second kappa shape index (κ2) is 3.57. The lowest BCUT2D eigenvalue weighted by Gasteiger charge is -2.22. The third-order valence-electron chi connectivity index (χ3n) is 3.37. The minimum Gasteiger partial charge on any atom is -0.456 e. The highest BCUT2D eigenvalue weighted by molar-refractivity contribution is 7.87. The van der Waals surface area contributed by atoms with Gasteiger partial charge in [-0.25, -0.2) is 0 Å². The van der Waals surface area contributed by atoms with Gasteiger partial charge in [0.2, 0.25) is 0 Å². The van der Waals surface area contributed by atoms with E-state index >= 15 is 0 Å². The number of carbonyl (C=O) groups is 1. The van der Waals surface area contributed by atoms with Crippen LogP contribution in [-0.2, 0) is 28.6 Å². The minimum atomic E-state index is -3.57. The van der Waals surface area contributed by atoms with Crippen LogP contribution in [0.2, 0.25) is 0 Å². The first kappa shape index (κ1) is 11.7. The summed E-state index contributed by atoms with van der Waals surface area (Å²) in [5, 5.41) is -1.39. The van der Waals surface area contributed by atoms with Crippen LogP contribution >= 0.6 is 11.6 Å². The van der Waals surface area contributed by atoms with Gasteiger partial charge in [0, 0.05) is 0 Å². The molecule has 6 unspecified atom stereocenters. The largest absolute Gasteiger partial charge is 0.456 e. The van der Waals surface area contributed by atoms with Gasteiger partial charge in [0.1, 0.15) is 22.8 Å². The molecule has 6 nitrogen and oxygen atoms in total. The van der Waals surface area contributed by atoms with Crippen LogP contribution in [-0.4, -0.2) is 49.4 Å². The van der Waals surface area contributed by atoms with E-state index in [1.807, 2.05) is 0 Å². The van der Waals surface area contributed by atoms with Crippen LogP contribution in [0, 0.1) is 0 Å². The van der Waals surface area contributed by atoms with Crippen molar-refractivity contribution in [1.82, 2.24) is 0 Å². The van der Waals surface area contributed by atoms with Gasteiger partial charge in [-0.3, -0.25) is 8.98 Å². The second-order valence-corrected chi connectivity index (χ2v) is 6.92. The Labute approximate surface area is 103 Å². The van der Waals surface area contributed by atoms with Gasteiger partial charge >= 0.3 is 5.97 Å². The average molecular weight is 283 g/mol. The zero-order valence-electron chi connectivity index (χ0n) is 8.91. The van der Waals surface area contributed by atoms with Gasteiger partial charge < -0.3 is 9.47 Å². The van der Waals surface area contributed by atoms with Crippen molar-refractivity contribution >= 4 is 27.7 Å². The highest BCUT2D eigenvalue weighted by atomic mass is 35.5. The van der Waals surface area contributed by atoms with Crippen LogP contribution in [0.15, 0.2) is 0 Å². The number of fused-ring (bicyclic) bond motifs is 1. The fourth-order valence-electron chi connectivity index (χ4n) is 2.60. The SMILES string of the molecule is CC(Cl)C(=O)OC1C2CC3C(O2)C1OS3(=O)=O. The zero-order chi connectivity index (χ0) is 12.4. The van der Waals surface area contributed by atoms with E-state index in [1.165, 1.54) is 6.92 Å². The number of hydrogen-bond acceptors (Lipinski definition) is 6. The lowest BCUT2D eigenvalue weighted by molar-refractivity contribution is -0.153. The average Bonchev–Trinajstić information content (AvgIpc) is 2.81. The first-order valence-corrected chi connectivity index (χ1v) is 7.23. The van der Waals surface area contributed by atoms with Crippen molar-refractivity contribution in [3.63, 3.8) is 0 Å². The van der Waals surface area contributed by atoms with E-state index in [0.717, 1.165) is 0 Å². The summed E-state index contributed by atoms with van der Waals surface area (Å²) in [6.07, 6.45) is -1.96. The molecule has 2 bridgehead atoms. The molecule has 0 radical (unpaired) electrons. The maximum Gasteiger partial charge on any atom is 0.324 e. The van der Waals surface area contributed by atoms with Crippen LogP contribution in [0.3, 0.4) is 0 Å². The van der Waals surface area contributed by atoms with Gasteiger partial charge in [-0.2, -0.15) is 8.42 Å². The summed E-state index contributed by atoms with van der Waals surface area (Å²) in [6, 6.07) is 0. The Balaban J connectivity index is 1.81. The topological polar surface area (TPSA) is 78.9 Å². The fraction of sp³-hybridized carbons (Fsp3) is 0.889. The van der Waals surface area contributed by atoms with Gasteiger partial charge in [-0.1, -0.05) is 0 Å². The van der Waals surface area contributed by atoms with Crippen molar-refractivity contribution < 1.29 is 26.9 Å². The van der Waals surface area contributed by atoms with Crippen molar-refractivity contribution in [1.29, 1.82) is 0 Å². The Morgan fingerprint density at radius 1 is 1.47 bits per heavy atom. The summed E-state index contributed by atoms with van der Waals surface area (Å²) >= 11 is 5.59. The quantitative estimate of drug-likeness (QED) is 0.396. The standard InChI is InChI=1S/C9H11ClO6S/c1-3(10)9(11)15-6-4-2-5-7(14-4)8(6)16-17(5,12)13/h3-8H,2H2,1H3. The van der Waals surface area contributed by atoms with E-state index in [0.29, 0.717) is 6.42 Å². The third kappa shape index (κ3) is 1.60. The Kier molecular flexibility index (Phi) is 2.46. The van der Waals surface area contributed by atoms with Crippen molar-refractivity contribution in [2.45, 2.75) is 48.4 Å². The van der Waals surface area contributed by atoms with E-state index in [-0.39, 0.29) is 0 Å². The molecule has 0 aromatic carbocycles. The maximum atomic E-state index is 11.6. The van der Waals surface area contributed by atoms with Crippen molar-refractivity contribution in [2.75, 3.05) is 0 Å². The maximum absolute atomic E-state index is 11.6. The number of carbonyl (C=O) groups excluding carboxylic acids is 1. The number of hydrogen-bond donors (Lipinski definition) is 0. The molecular formula is C9H11ClO6S. The lowest BCUT2D eigenvalue weighted by atomic mass is 9.94. The Hall–Kier alpha value is -0.370. The first-order valence-electron chi connectivity index (χ1n) is 5.32. The summed E-state index contributed by atoms with van der Waals surface area (Å²) in [5.41, 5.74) is 0. The molecule has 3 rings (SSSR count). The molecule has 96 valence electrons. The van der Waals surface area contributed by atoms with E-state index in [2.05, 4.69) is 0 Å². The Bertz CT molecular complexity index is 460. The van der Waals surface area contributed by atoms with E-state index < -0.39 is 51.1 Å². The summed E-state index contributed by atoms with van der Waals surface area (Å²) in [4.78, 5) is 11.4. The van der Waals surface area contributed by atoms with Crippen LogP contribution in [0.25, 0.3) is 0 Å². The van der Waals surface area contributed by atoms with Gasteiger partial charge in [-0.05, 0) is 13.3 Å². The predicted octanol–water partition coefficient (Wildman–Crippen LogP) is -0.206. The van der Waals surface area contributed by atoms with Crippen molar-refractivity contribution in [3.8, 4) is 0 Å². The number of halogens is 1. The van der Waals surface area contributed by atoms with Gasteiger partial charge in [0.05, 0.1) is 6.10 Å². The van der Waals surface area contributed by atoms with Crippen molar-refractivity contribution in [3.05, 3.63) is 0 Å². The monoisotopic (exact) mass is 282 g/mol. The highest BCUT2D eigenvalue weighted by Gasteiger charge is 2.67. The molecule has 0 N–H and O–H groups in total. The second-order valence-electron chi connectivity index (χ2n) is 4.48. The molecule has 0 amide bonds. The first-order chi connectivity index (χ1) is 7.90. The molecule has 0 aromatic rings. The molecular weight excluding hydrogens is 272 g/mol. The predicted molar refractivity (Wildman–Crippen MR) is 56.1 cm³/mol. The molecule has 0 aliphatic carbocycles. The van der Waals surface area contributed by atoms with Crippen molar-refractivity contribution in [2.24, 2.45) is 0 Å². The van der Waals surface area contributed by atoms with Crippen LogP contribution in [0.4, 0.5) is 0 Å². The molecule has 0 aromatic heterocycles. The molecule has 8 heteroatoms. The molecule has 0 spiro atoms. The Morgan fingerprint density at radius 3 is 2.82 bits per heavy atom. The Morgan fingerprint density at radius 2 is 2.18 bits per heavy atom. The van der Waals surface area contributed by atoms with E-state index in [9.17, 15) is 13.2 Å². The summed E-state index contributed by atoms with van der Waals surface area (Å²) in [7, 11) is -3.57. The molecule has 0 saturated carbocycles. The lowest BCUT2D eigenvalue weighted by Crippen LogP contribution is -2.42. The fourth-order valence-corrected chi connectivity index (χ4v) is 4.29. The number of esters is 1. The summed E-state index contributed by atoms with van der Waals surface area (Å²) in [6.45, 7) is 1.49. The molecule has 3 saturated heterocycles. The smallest absolute Gasteiger partial charge is 0.324 e. The minimum absolute atomic E-state index is 0.318. The van der Waals surface area contributed by atoms with Gasteiger partial charge in [0.25, 0.3) is 10.1 Å². The zero-order valence-corrected chi connectivity index (χ0v) is 10.5. The van der Waals surface area contributed by atoms with Crippen LogP contribution in [0.5, 0.6) is 0 Å². The molecule has 3 aliphatic heterocycles. The molecule has 3 heterocycles. The van der Waals surface area contributed by atoms with Crippen LogP contribution in [0.1, 0.15) is 13.3 Å². The molecule has 6 atom stereocenters. The summed E-state index contributed by atoms with van der Waals surface area (Å²) < 4.78 is 38.7. The summed E-state index contributed by atoms with van der Waals surface area (Å²) in [5.74, 6) is -0.586. The third-order valence-corrected chi connectivity index (χ3v) is 5.24. The van der Waals surface area contributed by atoms with E-state index in [4.69, 9.17) is 25.3 Å². The normalized spacial score (nSPS) is 47.1. The number of ether oxygens (including phenoxy) is 2. The van der Waals surface area contributed by atoms with E-state index in [1.54, 1.807) is 0 Å². The molecule has 17 heavy (non-hydrogen) atoms. The van der Waals surface area contributed by atoms with Gasteiger partial charge in [0.15, 0.2) is 6.10 Å². The highest BCUT2D eigenvalue weighted by Crippen LogP contribution is 2.47. The van der Waals surface area contributed by atoms with Gasteiger partial charge in [-0.15, -0.1) is 11.6 Å².